The molecule has 2 heterocycles. The standard InChI is InChI=1S/C21H22N2O3S/c1-12-7-4-5-8-13(12)17-22-18-16(14-9-6-10-15(14)27-18)19(24)23(17)11-21(2,3)20(25)26/h4-5,7-8H,6,9-11H2,1-3H3,(H,25,26). The van der Waals surface area contributed by atoms with Crippen LogP contribution in [0.3, 0.4) is 0 Å². The molecule has 5 nitrogen and oxygen atoms in total. The van der Waals surface area contributed by atoms with Crippen LogP contribution in [0.15, 0.2) is 29.1 Å². The lowest BCUT2D eigenvalue weighted by molar-refractivity contribution is -0.147. The first-order chi connectivity index (χ1) is 12.8. The highest BCUT2D eigenvalue weighted by Crippen LogP contribution is 2.36. The van der Waals surface area contributed by atoms with Gasteiger partial charge in [0.2, 0.25) is 0 Å². The van der Waals surface area contributed by atoms with Crippen LogP contribution in [0.4, 0.5) is 0 Å². The van der Waals surface area contributed by atoms with E-state index in [1.165, 1.54) is 4.88 Å². The van der Waals surface area contributed by atoms with E-state index in [9.17, 15) is 14.7 Å². The van der Waals surface area contributed by atoms with Gasteiger partial charge < -0.3 is 5.11 Å². The molecule has 140 valence electrons. The van der Waals surface area contributed by atoms with Gasteiger partial charge in [-0.25, -0.2) is 4.98 Å². The molecule has 27 heavy (non-hydrogen) atoms. The summed E-state index contributed by atoms with van der Waals surface area (Å²) in [4.78, 5) is 32.1. The quantitative estimate of drug-likeness (QED) is 0.739. The molecule has 0 saturated carbocycles. The smallest absolute Gasteiger partial charge is 0.310 e. The maximum Gasteiger partial charge on any atom is 0.310 e. The van der Waals surface area contributed by atoms with Crippen LogP contribution in [-0.4, -0.2) is 20.6 Å². The zero-order valence-corrected chi connectivity index (χ0v) is 16.5. The van der Waals surface area contributed by atoms with Gasteiger partial charge >= 0.3 is 5.97 Å². The molecule has 3 aromatic rings. The van der Waals surface area contributed by atoms with Crippen molar-refractivity contribution in [3.8, 4) is 11.4 Å². The fourth-order valence-electron chi connectivity index (χ4n) is 3.72. The first-order valence-electron chi connectivity index (χ1n) is 9.14. The van der Waals surface area contributed by atoms with E-state index in [1.807, 2.05) is 31.2 Å². The van der Waals surface area contributed by atoms with Crippen LogP contribution in [0, 0.1) is 12.3 Å². The molecule has 4 rings (SSSR count). The molecule has 1 N–H and O–H groups in total. The fourth-order valence-corrected chi connectivity index (χ4v) is 4.97. The topological polar surface area (TPSA) is 72.2 Å². The van der Waals surface area contributed by atoms with Gasteiger partial charge in [0.15, 0.2) is 0 Å². The number of aryl methyl sites for hydroxylation is 3. The van der Waals surface area contributed by atoms with E-state index in [4.69, 9.17) is 4.98 Å². The molecule has 6 heteroatoms. The molecule has 2 aromatic heterocycles. The van der Waals surface area contributed by atoms with E-state index < -0.39 is 11.4 Å². The molecule has 0 saturated heterocycles. The maximum absolute atomic E-state index is 13.5. The van der Waals surface area contributed by atoms with Gasteiger partial charge in [0.1, 0.15) is 10.7 Å². The van der Waals surface area contributed by atoms with Gasteiger partial charge in [0.05, 0.1) is 10.8 Å². The van der Waals surface area contributed by atoms with Gasteiger partial charge in [-0.2, -0.15) is 0 Å². The Morgan fingerprint density at radius 2 is 2.04 bits per heavy atom. The Kier molecular flexibility index (Phi) is 4.18. The predicted molar refractivity (Wildman–Crippen MR) is 107 cm³/mol. The molecule has 0 atom stereocenters. The van der Waals surface area contributed by atoms with Gasteiger partial charge in [-0.1, -0.05) is 24.3 Å². The van der Waals surface area contributed by atoms with Crippen LogP contribution in [0.2, 0.25) is 0 Å². The Hall–Kier alpha value is -2.47. The summed E-state index contributed by atoms with van der Waals surface area (Å²) in [5.41, 5.74) is 1.80. The van der Waals surface area contributed by atoms with E-state index >= 15 is 0 Å². The van der Waals surface area contributed by atoms with Crippen molar-refractivity contribution >= 4 is 27.5 Å². The van der Waals surface area contributed by atoms with Crippen molar-refractivity contribution in [2.24, 2.45) is 5.41 Å². The monoisotopic (exact) mass is 382 g/mol. The number of nitrogens with zero attached hydrogens (tertiary/aromatic N) is 2. The Morgan fingerprint density at radius 3 is 2.74 bits per heavy atom. The van der Waals surface area contributed by atoms with Crippen LogP contribution in [0.25, 0.3) is 21.6 Å². The largest absolute Gasteiger partial charge is 0.481 e. The number of carbonyl (C=O) groups is 1. The molecule has 0 bridgehead atoms. The third-order valence-electron chi connectivity index (χ3n) is 5.34. The number of hydrogen-bond donors (Lipinski definition) is 1. The number of carboxylic acids is 1. The van der Waals surface area contributed by atoms with Gasteiger partial charge in [0, 0.05) is 17.0 Å². The summed E-state index contributed by atoms with van der Waals surface area (Å²) in [6.45, 7) is 5.35. The first kappa shape index (κ1) is 17.9. The number of aromatic nitrogens is 2. The highest BCUT2D eigenvalue weighted by molar-refractivity contribution is 7.18. The molecule has 0 fully saturated rings. The highest BCUT2D eigenvalue weighted by atomic mass is 32.1. The second kappa shape index (κ2) is 6.30. The van der Waals surface area contributed by atoms with Crippen molar-refractivity contribution in [3.63, 3.8) is 0 Å². The Balaban J connectivity index is 2.04. The molecule has 0 unspecified atom stereocenters. The van der Waals surface area contributed by atoms with Crippen molar-refractivity contribution in [1.82, 2.24) is 9.55 Å². The SMILES string of the molecule is Cc1ccccc1-c1nc2sc3c(c2c(=O)n1CC(C)(C)C(=O)O)CCC3. The average molecular weight is 382 g/mol. The number of aliphatic carboxylic acids is 1. The predicted octanol–water partition coefficient (Wildman–Crippen LogP) is 4.03. The molecular formula is C21H22N2O3S. The van der Waals surface area contributed by atoms with Crippen LogP contribution < -0.4 is 5.56 Å². The van der Waals surface area contributed by atoms with Crippen molar-refractivity contribution in [2.45, 2.75) is 46.6 Å². The van der Waals surface area contributed by atoms with Crippen molar-refractivity contribution in [2.75, 3.05) is 0 Å². The summed E-state index contributed by atoms with van der Waals surface area (Å²) < 4.78 is 1.57. The lowest BCUT2D eigenvalue weighted by Gasteiger charge is -2.23. The average Bonchev–Trinajstić information content (AvgIpc) is 3.18. The molecule has 0 amide bonds. The molecule has 0 aliphatic heterocycles. The van der Waals surface area contributed by atoms with Crippen LogP contribution in [0.1, 0.15) is 36.3 Å². The summed E-state index contributed by atoms with van der Waals surface area (Å²) in [6, 6.07) is 7.78. The summed E-state index contributed by atoms with van der Waals surface area (Å²) in [6.07, 6.45) is 2.96. The molecule has 1 aromatic carbocycles. The summed E-state index contributed by atoms with van der Waals surface area (Å²) >= 11 is 1.61. The number of hydrogen-bond acceptors (Lipinski definition) is 4. The lowest BCUT2D eigenvalue weighted by Crippen LogP contribution is -2.35. The van der Waals surface area contributed by atoms with Crippen LogP contribution >= 0.6 is 11.3 Å². The second-order valence-electron chi connectivity index (χ2n) is 7.87. The number of rotatable bonds is 4. The molecular weight excluding hydrogens is 360 g/mol. The molecule has 1 aliphatic carbocycles. The number of fused-ring (bicyclic) bond motifs is 3. The minimum Gasteiger partial charge on any atom is -0.481 e. The van der Waals surface area contributed by atoms with E-state index in [2.05, 4.69) is 0 Å². The van der Waals surface area contributed by atoms with E-state index in [1.54, 1.807) is 29.8 Å². The van der Waals surface area contributed by atoms with Crippen molar-refractivity contribution in [3.05, 3.63) is 50.6 Å². The van der Waals surface area contributed by atoms with Crippen LogP contribution in [0.5, 0.6) is 0 Å². The first-order valence-corrected chi connectivity index (χ1v) is 9.96. The lowest BCUT2D eigenvalue weighted by atomic mass is 9.93. The van der Waals surface area contributed by atoms with Gasteiger partial charge in [-0.05, 0) is 51.2 Å². The van der Waals surface area contributed by atoms with E-state index in [0.717, 1.165) is 40.8 Å². The van der Waals surface area contributed by atoms with Crippen molar-refractivity contribution in [1.29, 1.82) is 0 Å². The minimum atomic E-state index is -1.07. The second-order valence-corrected chi connectivity index (χ2v) is 8.95. The maximum atomic E-state index is 13.5. The minimum absolute atomic E-state index is 0.0817. The van der Waals surface area contributed by atoms with E-state index in [-0.39, 0.29) is 12.1 Å². The zero-order valence-electron chi connectivity index (χ0n) is 15.7. The van der Waals surface area contributed by atoms with Gasteiger partial charge in [0.25, 0.3) is 5.56 Å². The zero-order chi connectivity index (χ0) is 19.3. The highest BCUT2D eigenvalue weighted by Gasteiger charge is 2.31. The summed E-state index contributed by atoms with van der Waals surface area (Å²) in [7, 11) is 0. The van der Waals surface area contributed by atoms with Gasteiger partial charge in [-0.3, -0.25) is 14.2 Å². The Labute approximate surface area is 161 Å². The third kappa shape index (κ3) is 2.88. The normalized spacial score (nSPS) is 13.9. The van der Waals surface area contributed by atoms with Crippen molar-refractivity contribution < 1.29 is 9.90 Å². The summed E-state index contributed by atoms with van der Waals surface area (Å²) in [5.74, 6) is -0.374. The Bertz CT molecular complexity index is 1120. The Morgan fingerprint density at radius 1 is 1.30 bits per heavy atom. The molecule has 1 aliphatic rings. The number of carboxylic acid groups (broad SMARTS) is 1. The van der Waals surface area contributed by atoms with E-state index in [0.29, 0.717) is 11.2 Å². The number of benzene rings is 1. The molecule has 0 spiro atoms. The summed E-state index contributed by atoms with van der Waals surface area (Å²) in [5, 5.41) is 10.3. The fraction of sp³-hybridized carbons (Fsp3) is 0.381. The number of thiophene rings is 1. The van der Waals surface area contributed by atoms with Crippen LogP contribution in [-0.2, 0) is 24.2 Å². The molecule has 0 radical (unpaired) electrons. The third-order valence-corrected chi connectivity index (χ3v) is 6.53. The van der Waals surface area contributed by atoms with Gasteiger partial charge in [-0.15, -0.1) is 11.3 Å².